The molecule has 1 aromatic rings. The summed E-state index contributed by atoms with van der Waals surface area (Å²) in [7, 11) is 0. The molecule has 2 fully saturated rings. The van der Waals surface area contributed by atoms with E-state index < -0.39 is 0 Å². The highest BCUT2D eigenvalue weighted by molar-refractivity contribution is 5.76. The van der Waals surface area contributed by atoms with Crippen LogP contribution in [0.25, 0.3) is 0 Å². The van der Waals surface area contributed by atoms with Crippen LogP contribution in [0.4, 0.5) is 0 Å². The van der Waals surface area contributed by atoms with Gasteiger partial charge in [-0.1, -0.05) is 6.07 Å². The summed E-state index contributed by atoms with van der Waals surface area (Å²) in [6, 6.07) is 6.11. The first kappa shape index (κ1) is 17.1. The minimum atomic E-state index is 0.124. The molecule has 132 valence electrons. The van der Waals surface area contributed by atoms with Crippen molar-refractivity contribution in [1.29, 1.82) is 0 Å². The number of piperidine rings is 1. The molecule has 0 radical (unpaired) electrons. The molecule has 1 amide bonds. The summed E-state index contributed by atoms with van der Waals surface area (Å²) in [5.41, 5.74) is 1.19. The third-order valence-corrected chi connectivity index (χ3v) is 4.86. The lowest BCUT2D eigenvalue weighted by Crippen LogP contribution is -2.33. The van der Waals surface area contributed by atoms with Gasteiger partial charge in [0.2, 0.25) is 5.91 Å². The minimum absolute atomic E-state index is 0.124. The van der Waals surface area contributed by atoms with Gasteiger partial charge in [0.1, 0.15) is 0 Å². The van der Waals surface area contributed by atoms with E-state index in [-0.39, 0.29) is 18.6 Å². The van der Waals surface area contributed by atoms with Gasteiger partial charge in [-0.3, -0.25) is 4.79 Å². The molecule has 0 aromatic heterocycles. The summed E-state index contributed by atoms with van der Waals surface area (Å²) >= 11 is 0. The molecule has 1 saturated heterocycles. The van der Waals surface area contributed by atoms with E-state index in [1.165, 1.54) is 18.4 Å². The number of aliphatic hydroxyl groups is 1. The van der Waals surface area contributed by atoms with Crippen molar-refractivity contribution >= 4 is 5.91 Å². The molecular formula is C19H27NO4. The Hall–Kier alpha value is -1.75. The first-order valence-electron chi connectivity index (χ1n) is 9.07. The molecule has 1 heterocycles. The highest BCUT2D eigenvalue weighted by Crippen LogP contribution is 2.36. The number of benzene rings is 1. The second-order valence-electron chi connectivity index (χ2n) is 6.70. The molecule has 0 unspecified atom stereocenters. The average Bonchev–Trinajstić information content (AvgIpc) is 3.10. The molecular weight excluding hydrogens is 306 g/mol. The smallest absolute Gasteiger partial charge is 0.220 e. The van der Waals surface area contributed by atoms with Crippen molar-refractivity contribution < 1.29 is 19.4 Å². The van der Waals surface area contributed by atoms with Crippen molar-refractivity contribution in [3.05, 3.63) is 23.8 Å². The standard InChI is InChI=1S/C19H27NO4/c21-10-3-11-23-17-8-6-14(15-7-9-19(22)20-13-15)12-18(17)24-16-4-1-2-5-16/h6,8,12,15-16,21H,1-5,7,9-11,13H2,(H,20,22)/t15-/m1/s1. The highest BCUT2D eigenvalue weighted by atomic mass is 16.5. The van der Waals surface area contributed by atoms with Gasteiger partial charge in [-0.2, -0.15) is 0 Å². The zero-order valence-electron chi connectivity index (χ0n) is 14.1. The lowest BCUT2D eigenvalue weighted by molar-refractivity contribution is -0.122. The molecule has 5 nitrogen and oxygen atoms in total. The number of carbonyl (C=O) groups is 1. The minimum Gasteiger partial charge on any atom is -0.490 e. The van der Waals surface area contributed by atoms with Gasteiger partial charge in [-0.25, -0.2) is 0 Å². The summed E-state index contributed by atoms with van der Waals surface area (Å²) in [6.07, 6.45) is 6.97. The maximum Gasteiger partial charge on any atom is 0.220 e. The summed E-state index contributed by atoms with van der Waals surface area (Å²) in [4.78, 5) is 11.4. The predicted molar refractivity (Wildman–Crippen MR) is 91.5 cm³/mol. The molecule has 3 rings (SSSR count). The monoisotopic (exact) mass is 333 g/mol. The van der Waals surface area contributed by atoms with Crippen LogP contribution in [0.2, 0.25) is 0 Å². The molecule has 24 heavy (non-hydrogen) atoms. The Morgan fingerprint density at radius 1 is 1.17 bits per heavy atom. The lowest BCUT2D eigenvalue weighted by atomic mass is 9.91. The maximum absolute atomic E-state index is 11.4. The number of hydrogen-bond acceptors (Lipinski definition) is 4. The Bertz CT molecular complexity index is 544. The van der Waals surface area contributed by atoms with Crippen LogP contribution in [0.3, 0.4) is 0 Å². The molecule has 0 bridgehead atoms. The van der Waals surface area contributed by atoms with Crippen LogP contribution in [-0.4, -0.2) is 36.9 Å². The Morgan fingerprint density at radius 2 is 2.00 bits per heavy atom. The van der Waals surface area contributed by atoms with Crippen LogP contribution in [0, 0.1) is 0 Å². The Kier molecular flexibility index (Phi) is 5.96. The number of ether oxygens (including phenoxy) is 2. The third-order valence-electron chi connectivity index (χ3n) is 4.86. The first-order chi connectivity index (χ1) is 11.8. The number of hydrogen-bond donors (Lipinski definition) is 2. The van der Waals surface area contributed by atoms with Crippen LogP contribution < -0.4 is 14.8 Å². The van der Waals surface area contributed by atoms with Crippen LogP contribution >= 0.6 is 0 Å². The molecule has 1 aromatic carbocycles. The zero-order valence-corrected chi connectivity index (χ0v) is 14.1. The van der Waals surface area contributed by atoms with Gasteiger partial charge in [-0.15, -0.1) is 0 Å². The van der Waals surface area contributed by atoms with Crippen molar-refractivity contribution in [2.45, 2.75) is 57.0 Å². The second-order valence-corrected chi connectivity index (χ2v) is 6.70. The fourth-order valence-corrected chi connectivity index (χ4v) is 3.44. The van der Waals surface area contributed by atoms with Gasteiger partial charge in [0.05, 0.1) is 12.7 Å². The Labute approximate surface area is 143 Å². The molecule has 0 spiro atoms. The van der Waals surface area contributed by atoms with Crippen LogP contribution in [0.5, 0.6) is 11.5 Å². The number of nitrogens with one attached hydrogen (secondary N) is 1. The van der Waals surface area contributed by atoms with Gasteiger partial charge in [0, 0.05) is 31.9 Å². The topological polar surface area (TPSA) is 67.8 Å². The van der Waals surface area contributed by atoms with Crippen molar-refractivity contribution in [2.75, 3.05) is 19.8 Å². The van der Waals surface area contributed by atoms with E-state index >= 15 is 0 Å². The van der Waals surface area contributed by atoms with Gasteiger partial charge in [-0.05, 0) is 49.8 Å². The highest BCUT2D eigenvalue weighted by Gasteiger charge is 2.23. The van der Waals surface area contributed by atoms with E-state index in [1.54, 1.807) is 0 Å². The Balaban J connectivity index is 1.74. The molecule has 1 aliphatic carbocycles. The van der Waals surface area contributed by atoms with E-state index in [1.807, 2.05) is 6.07 Å². The van der Waals surface area contributed by atoms with Crippen LogP contribution in [-0.2, 0) is 4.79 Å². The number of amides is 1. The second kappa shape index (κ2) is 8.38. The van der Waals surface area contributed by atoms with E-state index in [2.05, 4.69) is 17.4 Å². The molecule has 2 N–H and O–H groups in total. The number of rotatable bonds is 7. The summed E-state index contributed by atoms with van der Waals surface area (Å²) in [6.45, 7) is 1.29. The van der Waals surface area contributed by atoms with E-state index in [4.69, 9.17) is 14.6 Å². The summed E-state index contributed by atoms with van der Waals surface area (Å²) in [5.74, 6) is 2.02. The SMILES string of the molecule is O=C1CC[C@@H](c2ccc(OCCCO)c(OC3CCCC3)c2)CN1. The van der Waals surface area contributed by atoms with Gasteiger partial charge >= 0.3 is 0 Å². The Morgan fingerprint density at radius 3 is 2.71 bits per heavy atom. The van der Waals surface area contributed by atoms with Crippen molar-refractivity contribution in [3.8, 4) is 11.5 Å². The molecule has 2 aliphatic rings. The van der Waals surface area contributed by atoms with E-state index in [0.29, 0.717) is 31.9 Å². The van der Waals surface area contributed by atoms with E-state index in [0.717, 1.165) is 30.8 Å². The average molecular weight is 333 g/mol. The maximum atomic E-state index is 11.4. The number of aliphatic hydroxyl groups excluding tert-OH is 1. The van der Waals surface area contributed by atoms with E-state index in [9.17, 15) is 4.79 Å². The van der Waals surface area contributed by atoms with Crippen LogP contribution in [0.15, 0.2) is 18.2 Å². The molecule has 5 heteroatoms. The predicted octanol–water partition coefficient (Wildman–Crippen LogP) is 2.76. The van der Waals surface area contributed by atoms with Crippen LogP contribution in [0.1, 0.15) is 56.4 Å². The van der Waals surface area contributed by atoms with Crippen molar-refractivity contribution in [1.82, 2.24) is 5.32 Å². The lowest BCUT2D eigenvalue weighted by Gasteiger charge is -2.24. The van der Waals surface area contributed by atoms with Gasteiger partial charge in [0.25, 0.3) is 0 Å². The first-order valence-corrected chi connectivity index (χ1v) is 9.07. The normalized spacial score (nSPS) is 21.5. The fourth-order valence-electron chi connectivity index (χ4n) is 3.44. The molecule has 1 atom stereocenters. The molecule has 1 saturated carbocycles. The summed E-state index contributed by atoms with van der Waals surface area (Å²) < 4.78 is 12.0. The van der Waals surface area contributed by atoms with Gasteiger partial charge in [0.15, 0.2) is 11.5 Å². The number of carbonyl (C=O) groups excluding carboxylic acids is 1. The van der Waals surface area contributed by atoms with Crippen molar-refractivity contribution in [2.24, 2.45) is 0 Å². The third kappa shape index (κ3) is 4.41. The van der Waals surface area contributed by atoms with Crippen molar-refractivity contribution in [3.63, 3.8) is 0 Å². The molecule has 1 aliphatic heterocycles. The largest absolute Gasteiger partial charge is 0.490 e. The quantitative estimate of drug-likeness (QED) is 0.753. The fraction of sp³-hybridized carbons (Fsp3) is 0.632. The zero-order chi connectivity index (χ0) is 16.8. The van der Waals surface area contributed by atoms with Gasteiger partial charge < -0.3 is 19.9 Å². The summed E-state index contributed by atoms with van der Waals surface area (Å²) in [5, 5.41) is 11.9.